The van der Waals surface area contributed by atoms with Gasteiger partial charge in [0.05, 0.1) is 25.0 Å². The molecule has 0 radical (unpaired) electrons. The minimum absolute atomic E-state index is 0.154. The molecule has 3 heterocycles. The Morgan fingerprint density at radius 1 is 1.19 bits per heavy atom. The van der Waals surface area contributed by atoms with Gasteiger partial charge in [-0.2, -0.15) is 11.8 Å². The highest BCUT2D eigenvalue weighted by atomic mass is 32.2. The van der Waals surface area contributed by atoms with E-state index in [1.54, 1.807) is 35.6 Å². The van der Waals surface area contributed by atoms with Crippen molar-refractivity contribution in [2.75, 3.05) is 5.75 Å². The molecular weight excluding hydrogens is 364 g/mol. The van der Waals surface area contributed by atoms with Crippen LogP contribution >= 0.6 is 23.1 Å². The molecule has 0 aromatic carbocycles. The van der Waals surface area contributed by atoms with Crippen LogP contribution in [0.15, 0.2) is 59.3 Å². The van der Waals surface area contributed by atoms with Gasteiger partial charge in [0.15, 0.2) is 0 Å². The Hall–Kier alpha value is -2.05. The van der Waals surface area contributed by atoms with Gasteiger partial charge in [-0.1, -0.05) is 6.07 Å². The molecule has 4 nitrogen and oxygen atoms in total. The van der Waals surface area contributed by atoms with Crippen molar-refractivity contribution in [3.8, 4) is 0 Å². The van der Waals surface area contributed by atoms with Crippen molar-refractivity contribution in [3.05, 3.63) is 76.1 Å². The molecule has 0 fully saturated rings. The Morgan fingerprint density at radius 3 is 2.81 bits per heavy atom. The molecule has 136 valence electrons. The Labute approximate surface area is 162 Å². The van der Waals surface area contributed by atoms with Crippen LogP contribution in [0.4, 0.5) is 0 Å². The highest BCUT2D eigenvalue weighted by molar-refractivity contribution is 7.98. The van der Waals surface area contributed by atoms with Crippen LogP contribution in [0, 0.1) is 6.92 Å². The fourth-order valence-electron chi connectivity index (χ4n) is 2.56. The summed E-state index contributed by atoms with van der Waals surface area (Å²) >= 11 is 3.47. The first-order valence-corrected chi connectivity index (χ1v) is 10.5. The predicted octanol–water partition coefficient (Wildman–Crippen LogP) is 4.90. The number of nitrogens with zero attached hydrogens (tertiary/aromatic N) is 2. The molecular formula is C20H22N2O2S2. The number of rotatable bonds is 9. The van der Waals surface area contributed by atoms with Crippen LogP contribution in [0.5, 0.6) is 0 Å². The van der Waals surface area contributed by atoms with Crippen LogP contribution in [0.1, 0.15) is 27.6 Å². The van der Waals surface area contributed by atoms with E-state index in [2.05, 4.69) is 24.0 Å². The summed E-state index contributed by atoms with van der Waals surface area (Å²) < 4.78 is 5.44. The fourth-order valence-corrected chi connectivity index (χ4v) is 4.31. The highest BCUT2D eigenvalue weighted by Gasteiger charge is 2.16. The number of carbonyl (C=O) groups is 1. The molecule has 0 bridgehead atoms. The molecule has 0 aliphatic carbocycles. The van der Waals surface area contributed by atoms with Gasteiger partial charge in [0.2, 0.25) is 5.91 Å². The zero-order valence-corrected chi connectivity index (χ0v) is 16.4. The van der Waals surface area contributed by atoms with Gasteiger partial charge < -0.3 is 9.32 Å². The zero-order valence-electron chi connectivity index (χ0n) is 14.8. The maximum absolute atomic E-state index is 12.8. The number of aromatic nitrogens is 1. The van der Waals surface area contributed by atoms with Gasteiger partial charge in [-0.25, -0.2) is 0 Å². The van der Waals surface area contributed by atoms with Gasteiger partial charge in [0.25, 0.3) is 0 Å². The molecule has 6 heteroatoms. The number of hydrogen-bond donors (Lipinski definition) is 0. The summed E-state index contributed by atoms with van der Waals surface area (Å²) in [7, 11) is 0. The Kier molecular flexibility index (Phi) is 6.91. The number of pyridine rings is 1. The summed E-state index contributed by atoms with van der Waals surface area (Å²) in [5.74, 6) is 2.58. The van der Waals surface area contributed by atoms with E-state index in [9.17, 15) is 4.79 Å². The lowest BCUT2D eigenvalue weighted by molar-refractivity contribution is -0.132. The van der Waals surface area contributed by atoms with Gasteiger partial charge in [-0.15, -0.1) is 11.3 Å². The zero-order chi connectivity index (χ0) is 18.2. The summed E-state index contributed by atoms with van der Waals surface area (Å²) in [6.07, 6.45) is 3.97. The van der Waals surface area contributed by atoms with Crippen molar-refractivity contribution < 1.29 is 9.21 Å². The maximum atomic E-state index is 12.8. The summed E-state index contributed by atoms with van der Waals surface area (Å²) in [5, 5.41) is 0. The second-order valence-electron chi connectivity index (χ2n) is 5.97. The average molecular weight is 387 g/mol. The molecule has 3 aromatic rings. The van der Waals surface area contributed by atoms with Crippen molar-refractivity contribution in [1.29, 1.82) is 0 Å². The normalized spacial score (nSPS) is 10.8. The van der Waals surface area contributed by atoms with E-state index < -0.39 is 0 Å². The molecule has 0 aliphatic heterocycles. The number of hydrogen-bond acceptors (Lipinski definition) is 5. The summed E-state index contributed by atoms with van der Waals surface area (Å²) in [6.45, 7) is 3.22. The van der Waals surface area contributed by atoms with Crippen molar-refractivity contribution in [2.45, 2.75) is 32.2 Å². The van der Waals surface area contributed by atoms with E-state index >= 15 is 0 Å². The third-order valence-electron chi connectivity index (χ3n) is 3.86. The number of thiophene rings is 1. The van der Waals surface area contributed by atoms with E-state index in [0.29, 0.717) is 19.5 Å². The van der Waals surface area contributed by atoms with Crippen molar-refractivity contribution in [2.24, 2.45) is 0 Å². The molecule has 0 unspecified atom stereocenters. The number of amides is 1. The lowest BCUT2D eigenvalue weighted by Gasteiger charge is -2.21. The SMILES string of the molecule is Cc1ccc(CN(Cc2ccco2)C(=O)CCSCc2ccccn2)s1. The van der Waals surface area contributed by atoms with E-state index in [1.807, 2.05) is 35.2 Å². The molecule has 26 heavy (non-hydrogen) atoms. The number of aryl methyl sites for hydroxylation is 1. The minimum Gasteiger partial charge on any atom is -0.467 e. The number of thioether (sulfide) groups is 1. The van der Waals surface area contributed by atoms with Crippen LogP contribution in [0.3, 0.4) is 0 Å². The highest BCUT2D eigenvalue weighted by Crippen LogP contribution is 2.20. The Morgan fingerprint density at radius 2 is 2.12 bits per heavy atom. The van der Waals surface area contributed by atoms with E-state index in [0.717, 1.165) is 23.0 Å². The standard InChI is InChI=1S/C20H22N2O2S2/c1-16-7-8-19(26-16)14-22(13-18-6-4-11-24-18)20(23)9-12-25-15-17-5-2-3-10-21-17/h2-8,10-11H,9,12-15H2,1H3. The number of furan rings is 1. The second-order valence-corrected chi connectivity index (χ2v) is 8.44. The molecule has 0 spiro atoms. The van der Waals surface area contributed by atoms with Crippen molar-refractivity contribution >= 4 is 29.0 Å². The van der Waals surface area contributed by atoms with Gasteiger partial charge in [-0.3, -0.25) is 9.78 Å². The van der Waals surface area contributed by atoms with Gasteiger partial charge in [0.1, 0.15) is 5.76 Å². The average Bonchev–Trinajstić information content (AvgIpc) is 3.31. The molecule has 3 rings (SSSR count). The first-order valence-electron chi connectivity index (χ1n) is 8.54. The molecule has 3 aromatic heterocycles. The van der Waals surface area contributed by atoms with Gasteiger partial charge in [0, 0.05) is 33.9 Å². The molecule has 0 N–H and O–H groups in total. The van der Waals surface area contributed by atoms with Crippen molar-refractivity contribution in [3.63, 3.8) is 0 Å². The first kappa shape index (κ1) is 18.7. The molecule has 0 atom stereocenters. The van der Waals surface area contributed by atoms with Crippen LogP contribution in [0.25, 0.3) is 0 Å². The first-order chi connectivity index (χ1) is 12.7. The lowest BCUT2D eigenvalue weighted by Crippen LogP contribution is -2.29. The third-order valence-corrected chi connectivity index (χ3v) is 5.84. The van der Waals surface area contributed by atoms with Crippen LogP contribution in [-0.2, 0) is 23.6 Å². The summed E-state index contributed by atoms with van der Waals surface area (Å²) in [4.78, 5) is 21.4. The van der Waals surface area contributed by atoms with E-state index in [4.69, 9.17) is 4.42 Å². The molecule has 1 amide bonds. The topological polar surface area (TPSA) is 46.3 Å². The molecule has 0 saturated heterocycles. The Bertz CT molecular complexity index is 800. The monoisotopic (exact) mass is 386 g/mol. The fraction of sp³-hybridized carbons (Fsp3) is 0.300. The van der Waals surface area contributed by atoms with E-state index in [1.165, 1.54) is 9.75 Å². The second kappa shape index (κ2) is 9.59. The molecule has 0 saturated carbocycles. The van der Waals surface area contributed by atoms with Gasteiger partial charge in [-0.05, 0) is 43.3 Å². The van der Waals surface area contributed by atoms with Crippen LogP contribution < -0.4 is 0 Å². The van der Waals surface area contributed by atoms with Crippen molar-refractivity contribution in [1.82, 2.24) is 9.88 Å². The third kappa shape index (κ3) is 5.75. The van der Waals surface area contributed by atoms with Crippen LogP contribution in [0.2, 0.25) is 0 Å². The smallest absolute Gasteiger partial charge is 0.224 e. The largest absolute Gasteiger partial charge is 0.467 e. The van der Waals surface area contributed by atoms with E-state index in [-0.39, 0.29) is 5.91 Å². The summed E-state index contributed by atoms with van der Waals surface area (Å²) in [5.41, 5.74) is 1.05. The predicted molar refractivity (Wildman–Crippen MR) is 107 cm³/mol. The lowest BCUT2D eigenvalue weighted by atomic mass is 10.3. The Balaban J connectivity index is 1.53. The molecule has 0 aliphatic rings. The number of carbonyl (C=O) groups excluding carboxylic acids is 1. The minimum atomic E-state index is 0.154. The van der Waals surface area contributed by atoms with Gasteiger partial charge >= 0.3 is 0 Å². The maximum Gasteiger partial charge on any atom is 0.224 e. The summed E-state index contributed by atoms with van der Waals surface area (Å²) in [6, 6.07) is 13.9. The quantitative estimate of drug-likeness (QED) is 0.491. The van der Waals surface area contributed by atoms with Crippen LogP contribution in [-0.4, -0.2) is 21.5 Å².